The van der Waals surface area contributed by atoms with Gasteiger partial charge in [-0.1, -0.05) is 12.1 Å². The number of nitrogens with two attached hydrogens (primary N) is 1. The van der Waals surface area contributed by atoms with Gasteiger partial charge in [-0.15, -0.1) is 11.3 Å². The van der Waals surface area contributed by atoms with Crippen LogP contribution in [0.1, 0.15) is 21.1 Å². The highest BCUT2D eigenvalue weighted by Crippen LogP contribution is 2.21. The summed E-state index contributed by atoms with van der Waals surface area (Å²) in [6.07, 6.45) is 0.663. The number of nitriles is 1. The van der Waals surface area contributed by atoms with Crippen molar-refractivity contribution < 1.29 is 4.79 Å². The molecule has 1 heterocycles. The van der Waals surface area contributed by atoms with Crippen LogP contribution in [-0.2, 0) is 6.42 Å². The van der Waals surface area contributed by atoms with Crippen molar-refractivity contribution in [2.45, 2.75) is 6.42 Å². The monoisotopic (exact) mass is 286 g/mol. The maximum Gasteiger partial charge on any atom is 0.277 e. The number of thiazole rings is 1. The van der Waals surface area contributed by atoms with Crippen LogP contribution in [0.2, 0.25) is 0 Å². The lowest BCUT2D eigenvalue weighted by Crippen LogP contribution is -2.27. The van der Waals surface area contributed by atoms with Gasteiger partial charge in [0.1, 0.15) is 11.8 Å². The van der Waals surface area contributed by atoms with Gasteiger partial charge in [-0.3, -0.25) is 4.79 Å². The molecule has 0 aliphatic rings. The van der Waals surface area contributed by atoms with Crippen molar-refractivity contribution in [2.75, 3.05) is 18.5 Å². The standard InChI is InChI=1S/C14H14N4OS/c1-18(12-5-3-2-4-10(12)8-16)14(19)11-9-20-13(17-11)6-7-15/h2-5,9H,6-7,15H2,1H3. The summed E-state index contributed by atoms with van der Waals surface area (Å²) < 4.78 is 0. The first kappa shape index (κ1) is 14.2. The van der Waals surface area contributed by atoms with Crippen LogP contribution in [0.4, 0.5) is 5.69 Å². The molecule has 1 aromatic carbocycles. The molecule has 1 aromatic heterocycles. The molecule has 0 aliphatic heterocycles. The number of anilines is 1. The summed E-state index contributed by atoms with van der Waals surface area (Å²) in [4.78, 5) is 18.1. The summed E-state index contributed by atoms with van der Waals surface area (Å²) >= 11 is 1.42. The summed E-state index contributed by atoms with van der Waals surface area (Å²) in [5, 5.41) is 11.6. The van der Waals surface area contributed by atoms with E-state index in [4.69, 9.17) is 11.0 Å². The van der Waals surface area contributed by atoms with E-state index in [9.17, 15) is 4.79 Å². The highest BCUT2D eigenvalue weighted by Gasteiger charge is 2.18. The summed E-state index contributed by atoms with van der Waals surface area (Å²) in [6, 6.07) is 9.06. The number of aromatic nitrogens is 1. The molecule has 2 aromatic rings. The molecule has 20 heavy (non-hydrogen) atoms. The molecule has 0 aliphatic carbocycles. The number of hydrogen-bond acceptors (Lipinski definition) is 5. The highest BCUT2D eigenvalue weighted by molar-refractivity contribution is 7.09. The second-order valence-corrected chi connectivity index (χ2v) is 5.10. The van der Waals surface area contributed by atoms with Crippen molar-refractivity contribution >= 4 is 22.9 Å². The van der Waals surface area contributed by atoms with Crippen molar-refractivity contribution in [1.82, 2.24) is 4.98 Å². The zero-order valence-electron chi connectivity index (χ0n) is 11.0. The van der Waals surface area contributed by atoms with Gasteiger partial charge in [-0.25, -0.2) is 4.98 Å². The van der Waals surface area contributed by atoms with Crippen molar-refractivity contribution in [1.29, 1.82) is 5.26 Å². The van der Waals surface area contributed by atoms with Gasteiger partial charge in [0.2, 0.25) is 0 Å². The molecule has 2 rings (SSSR count). The Morgan fingerprint density at radius 1 is 1.50 bits per heavy atom. The lowest BCUT2D eigenvalue weighted by atomic mass is 10.2. The van der Waals surface area contributed by atoms with Gasteiger partial charge in [-0.2, -0.15) is 5.26 Å². The van der Waals surface area contributed by atoms with Crippen molar-refractivity contribution in [3.05, 3.63) is 45.9 Å². The first-order valence-corrected chi connectivity index (χ1v) is 6.97. The van der Waals surface area contributed by atoms with Crippen LogP contribution in [0.15, 0.2) is 29.6 Å². The van der Waals surface area contributed by atoms with Crippen molar-refractivity contribution in [3.8, 4) is 6.07 Å². The van der Waals surface area contributed by atoms with Crippen LogP contribution in [0, 0.1) is 11.3 Å². The van der Waals surface area contributed by atoms with Gasteiger partial charge in [-0.05, 0) is 18.7 Å². The van der Waals surface area contributed by atoms with E-state index < -0.39 is 0 Å². The molecule has 102 valence electrons. The minimum atomic E-state index is -0.229. The van der Waals surface area contributed by atoms with E-state index in [1.54, 1.807) is 36.7 Å². The number of para-hydroxylation sites is 1. The van der Waals surface area contributed by atoms with E-state index >= 15 is 0 Å². The molecule has 6 heteroatoms. The van der Waals surface area contributed by atoms with E-state index in [1.807, 2.05) is 0 Å². The van der Waals surface area contributed by atoms with Crippen LogP contribution < -0.4 is 10.6 Å². The van der Waals surface area contributed by atoms with Gasteiger partial charge in [0, 0.05) is 18.8 Å². The van der Waals surface area contributed by atoms with Gasteiger partial charge in [0.15, 0.2) is 0 Å². The fourth-order valence-electron chi connectivity index (χ4n) is 1.79. The predicted molar refractivity (Wildman–Crippen MR) is 78.8 cm³/mol. The topological polar surface area (TPSA) is 83.0 Å². The van der Waals surface area contributed by atoms with Crippen molar-refractivity contribution in [2.24, 2.45) is 5.73 Å². The zero-order chi connectivity index (χ0) is 14.5. The van der Waals surface area contributed by atoms with E-state index in [1.165, 1.54) is 16.2 Å². The van der Waals surface area contributed by atoms with E-state index in [0.717, 1.165) is 5.01 Å². The number of carbonyl (C=O) groups is 1. The number of rotatable bonds is 4. The third kappa shape index (κ3) is 2.85. The summed E-state index contributed by atoms with van der Waals surface area (Å²) in [6.45, 7) is 0.508. The fraction of sp³-hybridized carbons (Fsp3) is 0.214. The van der Waals surface area contributed by atoms with E-state index in [-0.39, 0.29) is 5.91 Å². The Hall–Kier alpha value is -2.23. The molecule has 1 amide bonds. The molecule has 0 saturated carbocycles. The number of hydrogen-bond donors (Lipinski definition) is 1. The van der Waals surface area contributed by atoms with Crippen LogP contribution >= 0.6 is 11.3 Å². The Balaban J connectivity index is 2.26. The lowest BCUT2D eigenvalue weighted by Gasteiger charge is -2.17. The first-order valence-electron chi connectivity index (χ1n) is 6.09. The van der Waals surface area contributed by atoms with Crippen LogP contribution in [0.25, 0.3) is 0 Å². The largest absolute Gasteiger partial charge is 0.330 e. The molecule has 5 nitrogen and oxygen atoms in total. The predicted octanol–water partition coefficient (Wildman–Crippen LogP) is 1.79. The molecule has 0 spiro atoms. The fourth-order valence-corrected chi connectivity index (χ4v) is 2.58. The molecule has 0 unspecified atom stereocenters. The lowest BCUT2D eigenvalue weighted by molar-refractivity contribution is 0.0988. The third-order valence-electron chi connectivity index (χ3n) is 2.82. The smallest absolute Gasteiger partial charge is 0.277 e. The second kappa shape index (κ2) is 6.28. The van der Waals surface area contributed by atoms with Crippen molar-refractivity contribution in [3.63, 3.8) is 0 Å². The quantitative estimate of drug-likeness (QED) is 0.928. The van der Waals surface area contributed by atoms with Gasteiger partial charge in [0.05, 0.1) is 16.3 Å². The molecular formula is C14H14N4OS. The molecular weight excluding hydrogens is 272 g/mol. The zero-order valence-corrected chi connectivity index (χ0v) is 11.9. The second-order valence-electron chi connectivity index (χ2n) is 4.16. The molecule has 2 N–H and O–H groups in total. The normalized spacial score (nSPS) is 10.1. The Bertz CT molecular complexity index is 659. The first-order chi connectivity index (χ1) is 9.67. The van der Waals surface area contributed by atoms with E-state index in [0.29, 0.717) is 29.9 Å². The minimum Gasteiger partial charge on any atom is -0.330 e. The Labute approximate surface area is 121 Å². The average Bonchev–Trinajstić information content (AvgIpc) is 2.94. The van der Waals surface area contributed by atoms with Crippen LogP contribution in [0.5, 0.6) is 0 Å². The summed E-state index contributed by atoms with van der Waals surface area (Å²) in [5.41, 5.74) is 6.89. The van der Waals surface area contributed by atoms with E-state index in [2.05, 4.69) is 11.1 Å². The van der Waals surface area contributed by atoms with Gasteiger partial charge in [0.25, 0.3) is 5.91 Å². The Kier molecular flexibility index (Phi) is 4.45. The molecule has 0 atom stereocenters. The molecule has 0 bridgehead atoms. The SMILES string of the molecule is CN(C(=O)c1csc(CCN)n1)c1ccccc1C#N. The van der Waals surface area contributed by atoms with Crippen LogP contribution in [-0.4, -0.2) is 24.5 Å². The highest BCUT2D eigenvalue weighted by atomic mass is 32.1. The maximum absolute atomic E-state index is 12.4. The number of benzene rings is 1. The Morgan fingerprint density at radius 2 is 2.25 bits per heavy atom. The van der Waals surface area contributed by atoms with Gasteiger partial charge >= 0.3 is 0 Å². The van der Waals surface area contributed by atoms with Gasteiger partial charge < -0.3 is 10.6 Å². The summed E-state index contributed by atoms with van der Waals surface area (Å²) in [5.74, 6) is -0.229. The Morgan fingerprint density at radius 3 is 2.95 bits per heavy atom. The number of nitrogens with zero attached hydrogens (tertiary/aromatic N) is 3. The molecule has 0 saturated heterocycles. The molecule has 0 fully saturated rings. The summed E-state index contributed by atoms with van der Waals surface area (Å²) in [7, 11) is 1.64. The van der Waals surface area contributed by atoms with Crippen LogP contribution in [0.3, 0.4) is 0 Å². The maximum atomic E-state index is 12.4. The third-order valence-corrected chi connectivity index (χ3v) is 3.73. The minimum absolute atomic E-state index is 0.229. The number of carbonyl (C=O) groups excluding carboxylic acids is 1. The average molecular weight is 286 g/mol. The number of amides is 1. The molecule has 0 radical (unpaired) electrons.